The fourth-order valence-electron chi connectivity index (χ4n) is 2.81. The molecule has 1 aromatic carbocycles. The summed E-state index contributed by atoms with van der Waals surface area (Å²) in [6, 6.07) is 5.25. The van der Waals surface area contributed by atoms with E-state index >= 15 is 0 Å². The molecule has 2 aromatic rings. The van der Waals surface area contributed by atoms with Gasteiger partial charge in [0.25, 0.3) is 0 Å². The van der Waals surface area contributed by atoms with Gasteiger partial charge in [0, 0.05) is 17.2 Å². The molecule has 0 fully saturated rings. The molecule has 0 spiro atoms. The van der Waals surface area contributed by atoms with Gasteiger partial charge in [0.05, 0.1) is 0 Å². The van der Waals surface area contributed by atoms with Crippen molar-refractivity contribution in [3.63, 3.8) is 0 Å². The molecular formula is C16H14F2OS. The van der Waals surface area contributed by atoms with Crippen LogP contribution in [0.5, 0.6) is 0 Å². The highest BCUT2D eigenvalue weighted by Gasteiger charge is 2.27. The summed E-state index contributed by atoms with van der Waals surface area (Å²) >= 11 is 1.67. The number of carbonyl (C=O) groups is 1. The van der Waals surface area contributed by atoms with Gasteiger partial charge in [-0.2, -0.15) is 0 Å². The Morgan fingerprint density at radius 1 is 1.30 bits per heavy atom. The molecule has 0 saturated heterocycles. The monoisotopic (exact) mass is 292 g/mol. The quantitative estimate of drug-likeness (QED) is 0.826. The van der Waals surface area contributed by atoms with Crippen LogP contribution in [0.1, 0.15) is 34.8 Å². The van der Waals surface area contributed by atoms with E-state index in [4.69, 9.17) is 0 Å². The van der Waals surface area contributed by atoms with E-state index in [0.717, 1.165) is 43.0 Å². The van der Waals surface area contributed by atoms with Gasteiger partial charge in [0.1, 0.15) is 17.4 Å². The number of thiophene rings is 1. The van der Waals surface area contributed by atoms with Gasteiger partial charge in [-0.3, -0.25) is 4.79 Å². The lowest BCUT2D eigenvalue weighted by molar-refractivity contribution is -0.120. The number of aryl methyl sites for hydroxylation is 1. The van der Waals surface area contributed by atoms with E-state index in [1.54, 1.807) is 11.3 Å². The van der Waals surface area contributed by atoms with Crippen molar-refractivity contribution in [1.82, 2.24) is 0 Å². The van der Waals surface area contributed by atoms with Gasteiger partial charge in [0.15, 0.2) is 0 Å². The third-order valence-electron chi connectivity index (χ3n) is 3.81. The Balaban J connectivity index is 1.83. The van der Waals surface area contributed by atoms with Gasteiger partial charge in [0.2, 0.25) is 0 Å². The third kappa shape index (κ3) is 2.52. The minimum atomic E-state index is -0.513. The first-order chi connectivity index (χ1) is 9.65. The summed E-state index contributed by atoms with van der Waals surface area (Å²) in [6.45, 7) is 0. The average Bonchev–Trinajstić information content (AvgIpc) is 2.91. The lowest BCUT2D eigenvalue weighted by atomic mass is 9.83. The van der Waals surface area contributed by atoms with Crippen LogP contribution in [-0.2, 0) is 17.6 Å². The second-order valence-electron chi connectivity index (χ2n) is 5.12. The number of ketones is 1. The third-order valence-corrected chi connectivity index (χ3v) is 4.81. The Labute approximate surface area is 120 Å². The van der Waals surface area contributed by atoms with Crippen molar-refractivity contribution in [3.05, 3.63) is 57.3 Å². The lowest BCUT2D eigenvalue weighted by Gasteiger charge is -2.21. The molecule has 3 rings (SSSR count). The lowest BCUT2D eigenvalue weighted by Crippen LogP contribution is -2.19. The van der Waals surface area contributed by atoms with Gasteiger partial charge in [-0.1, -0.05) is 0 Å². The molecule has 4 heteroatoms. The van der Waals surface area contributed by atoms with E-state index in [9.17, 15) is 13.6 Å². The van der Waals surface area contributed by atoms with Crippen LogP contribution in [0, 0.1) is 11.6 Å². The summed E-state index contributed by atoms with van der Waals surface area (Å²) in [5.74, 6) is -1.20. The number of halogens is 2. The van der Waals surface area contributed by atoms with Gasteiger partial charge in [-0.05, 0) is 60.0 Å². The van der Waals surface area contributed by atoms with Gasteiger partial charge in [-0.15, -0.1) is 11.3 Å². The second kappa shape index (κ2) is 5.44. The Morgan fingerprint density at radius 3 is 3.00 bits per heavy atom. The first-order valence-electron chi connectivity index (χ1n) is 6.68. The Kier molecular flexibility index (Phi) is 3.66. The summed E-state index contributed by atoms with van der Waals surface area (Å²) in [5.41, 5.74) is 1.24. The summed E-state index contributed by atoms with van der Waals surface area (Å²) in [4.78, 5) is 13.7. The predicted molar refractivity (Wildman–Crippen MR) is 75.1 cm³/mol. The molecule has 1 aliphatic carbocycles. The largest absolute Gasteiger partial charge is 0.299 e. The van der Waals surface area contributed by atoms with Crippen molar-refractivity contribution in [2.45, 2.75) is 31.6 Å². The number of fused-ring (bicyclic) bond motifs is 1. The molecule has 1 aliphatic rings. The van der Waals surface area contributed by atoms with E-state index < -0.39 is 11.6 Å². The van der Waals surface area contributed by atoms with Crippen molar-refractivity contribution in [1.29, 1.82) is 0 Å². The molecule has 1 unspecified atom stereocenters. The van der Waals surface area contributed by atoms with Gasteiger partial charge >= 0.3 is 0 Å². The average molecular weight is 292 g/mol. The first-order valence-corrected chi connectivity index (χ1v) is 7.56. The minimum Gasteiger partial charge on any atom is -0.299 e. The fraction of sp³-hybridized carbons (Fsp3) is 0.312. The Bertz CT molecular complexity index is 648. The van der Waals surface area contributed by atoms with Crippen molar-refractivity contribution >= 4 is 17.1 Å². The Hall–Kier alpha value is -1.55. The minimum absolute atomic E-state index is 0.0196. The molecule has 104 valence electrons. The maximum absolute atomic E-state index is 13.6. The summed E-state index contributed by atoms with van der Waals surface area (Å²) < 4.78 is 26.8. The molecule has 1 aromatic heterocycles. The SMILES string of the molecule is O=C(Cc1cc(F)ccc1F)C1CCCc2sccc21. The van der Waals surface area contributed by atoms with Crippen molar-refractivity contribution in [3.8, 4) is 0 Å². The maximum atomic E-state index is 13.6. The number of hydrogen-bond acceptors (Lipinski definition) is 2. The normalized spacial score (nSPS) is 17.8. The first kappa shape index (κ1) is 13.4. The molecule has 0 amide bonds. The van der Waals surface area contributed by atoms with E-state index in [1.165, 1.54) is 4.88 Å². The standard InChI is InChI=1S/C16H14F2OS/c17-11-4-5-14(18)10(8-11)9-15(19)12-2-1-3-16-13(12)6-7-20-16/h4-8,12H,1-3,9H2. The maximum Gasteiger partial charge on any atom is 0.144 e. The summed E-state index contributed by atoms with van der Waals surface area (Å²) in [5, 5.41) is 2.00. The topological polar surface area (TPSA) is 17.1 Å². The van der Waals surface area contributed by atoms with Crippen molar-refractivity contribution in [2.75, 3.05) is 0 Å². The smallest absolute Gasteiger partial charge is 0.144 e. The zero-order valence-corrected chi connectivity index (χ0v) is 11.7. The molecule has 0 bridgehead atoms. The number of hydrogen-bond donors (Lipinski definition) is 0. The van der Waals surface area contributed by atoms with Crippen molar-refractivity contribution < 1.29 is 13.6 Å². The number of carbonyl (C=O) groups excluding carboxylic acids is 1. The van der Waals surface area contributed by atoms with E-state index in [-0.39, 0.29) is 23.7 Å². The molecule has 1 nitrogen and oxygen atoms in total. The zero-order chi connectivity index (χ0) is 14.1. The molecule has 0 radical (unpaired) electrons. The highest BCUT2D eigenvalue weighted by molar-refractivity contribution is 7.10. The van der Waals surface area contributed by atoms with Crippen LogP contribution < -0.4 is 0 Å². The van der Waals surface area contributed by atoms with E-state index in [1.807, 2.05) is 11.4 Å². The highest BCUT2D eigenvalue weighted by Crippen LogP contribution is 2.36. The van der Waals surface area contributed by atoms with Crippen LogP contribution in [0.2, 0.25) is 0 Å². The van der Waals surface area contributed by atoms with Crippen LogP contribution in [0.15, 0.2) is 29.6 Å². The second-order valence-corrected chi connectivity index (χ2v) is 6.12. The summed E-state index contributed by atoms with van der Waals surface area (Å²) in [6.07, 6.45) is 2.77. The molecule has 0 aliphatic heterocycles. The number of Topliss-reactive ketones (excluding diaryl/α,β-unsaturated/α-hetero) is 1. The van der Waals surface area contributed by atoms with E-state index in [0.29, 0.717) is 0 Å². The summed E-state index contributed by atoms with van der Waals surface area (Å²) in [7, 11) is 0. The predicted octanol–water partition coefficient (Wildman–Crippen LogP) is 4.26. The molecule has 20 heavy (non-hydrogen) atoms. The number of rotatable bonds is 3. The molecule has 0 N–H and O–H groups in total. The fourth-order valence-corrected chi connectivity index (χ4v) is 3.80. The van der Waals surface area contributed by atoms with Crippen LogP contribution in [0.3, 0.4) is 0 Å². The van der Waals surface area contributed by atoms with Crippen molar-refractivity contribution in [2.24, 2.45) is 0 Å². The van der Waals surface area contributed by atoms with Crippen LogP contribution in [-0.4, -0.2) is 5.78 Å². The van der Waals surface area contributed by atoms with Crippen LogP contribution in [0.4, 0.5) is 8.78 Å². The Morgan fingerprint density at radius 2 is 2.15 bits per heavy atom. The van der Waals surface area contributed by atoms with Crippen LogP contribution in [0.25, 0.3) is 0 Å². The zero-order valence-electron chi connectivity index (χ0n) is 10.9. The highest BCUT2D eigenvalue weighted by atomic mass is 32.1. The molecule has 1 heterocycles. The molecule has 1 atom stereocenters. The van der Waals surface area contributed by atoms with E-state index in [2.05, 4.69) is 0 Å². The molecular weight excluding hydrogens is 278 g/mol. The van der Waals surface area contributed by atoms with Gasteiger partial charge in [-0.25, -0.2) is 8.78 Å². The van der Waals surface area contributed by atoms with Crippen LogP contribution >= 0.6 is 11.3 Å². The number of benzene rings is 1. The molecule has 0 saturated carbocycles. The van der Waals surface area contributed by atoms with Gasteiger partial charge < -0.3 is 0 Å².